The van der Waals surface area contributed by atoms with E-state index in [9.17, 15) is 9.59 Å². The average Bonchev–Trinajstić information content (AvgIpc) is 2.75. The monoisotopic (exact) mass is 267 g/mol. The number of aromatic nitrogens is 1. The van der Waals surface area contributed by atoms with Gasteiger partial charge in [0.15, 0.2) is 5.89 Å². The Hall–Kier alpha value is -1.85. The van der Waals surface area contributed by atoms with Crippen LogP contribution in [0.1, 0.15) is 55.2 Å². The topological polar surface area (TPSA) is 98.2 Å². The lowest BCUT2D eigenvalue weighted by atomic mass is 10.1. The van der Waals surface area contributed by atoms with Crippen molar-refractivity contribution in [3.05, 3.63) is 17.3 Å². The molecule has 1 rings (SSSR count). The summed E-state index contributed by atoms with van der Waals surface area (Å²) in [5.74, 6) is -0.314. The summed E-state index contributed by atoms with van der Waals surface area (Å²) in [6.45, 7) is 5.59. The van der Waals surface area contributed by atoms with Crippen molar-refractivity contribution in [3.8, 4) is 0 Å². The van der Waals surface area contributed by atoms with Gasteiger partial charge in [-0.15, -0.1) is 0 Å². The second-order valence-electron chi connectivity index (χ2n) is 4.45. The average molecular weight is 267 g/mol. The van der Waals surface area contributed by atoms with Crippen molar-refractivity contribution in [2.24, 2.45) is 5.73 Å². The number of oxazole rings is 1. The predicted octanol–water partition coefficient (Wildman–Crippen LogP) is 1.32. The first-order chi connectivity index (χ1) is 8.99. The molecule has 0 fully saturated rings. The molecule has 6 nitrogen and oxygen atoms in total. The Morgan fingerprint density at radius 1 is 1.42 bits per heavy atom. The maximum Gasteiger partial charge on any atom is 0.289 e. The number of nitrogens with one attached hydrogen (secondary N) is 1. The molecule has 1 heterocycles. The summed E-state index contributed by atoms with van der Waals surface area (Å²) in [7, 11) is 0. The fourth-order valence-electron chi connectivity index (χ4n) is 1.73. The molecular weight excluding hydrogens is 246 g/mol. The fourth-order valence-corrected chi connectivity index (χ4v) is 1.73. The van der Waals surface area contributed by atoms with Gasteiger partial charge in [-0.05, 0) is 13.3 Å². The molecule has 0 unspecified atom stereocenters. The van der Waals surface area contributed by atoms with E-state index in [-0.39, 0.29) is 5.76 Å². The van der Waals surface area contributed by atoms with E-state index in [4.69, 9.17) is 10.2 Å². The highest BCUT2D eigenvalue weighted by Crippen LogP contribution is 2.11. The van der Waals surface area contributed by atoms with Crippen LogP contribution in [0.5, 0.6) is 0 Å². The molecule has 0 aliphatic carbocycles. The number of nitrogens with zero attached hydrogens (tertiary/aromatic N) is 1. The molecule has 0 bridgehead atoms. The number of unbranched alkanes of at least 4 members (excludes halogenated alkanes) is 1. The van der Waals surface area contributed by atoms with Crippen LogP contribution in [0.2, 0.25) is 0 Å². The van der Waals surface area contributed by atoms with Gasteiger partial charge in [0.25, 0.3) is 5.91 Å². The van der Waals surface area contributed by atoms with E-state index in [1.807, 2.05) is 13.8 Å². The quantitative estimate of drug-likeness (QED) is 0.778. The maximum absolute atomic E-state index is 12.0. The van der Waals surface area contributed by atoms with E-state index in [0.717, 1.165) is 12.8 Å². The molecule has 6 heteroatoms. The van der Waals surface area contributed by atoms with Crippen LogP contribution in [0.3, 0.4) is 0 Å². The Morgan fingerprint density at radius 2 is 2.11 bits per heavy atom. The van der Waals surface area contributed by atoms with Gasteiger partial charge >= 0.3 is 0 Å². The number of primary amides is 1. The van der Waals surface area contributed by atoms with Crippen molar-refractivity contribution < 1.29 is 14.0 Å². The van der Waals surface area contributed by atoms with E-state index in [1.165, 1.54) is 0 Å². The summed E-state index contributed by atoms with van der Waals surface area (Å²) in [6.07, 6.45) is 2.90. The molecular formula is C13H21N3O3. The Morgan fingerprint density at radius 3 is 2.58 bits per heavy atom. The number of aryl methyl sites for hydroxylation is 2. The first-order valence-electron chi connectivity index (χ1n) is 6.56. The van der Waals surface area contributed by atoms with Gasteiger partial charge in [0, 0.05) is 6.42 Å². The zero-order valence-electron chi connectivity index (χ0n) is 11.7. The third-order valence-electron chi connectivity index (χ3n) is 2.84. The van der Waals surface area contributed by atoms with Crippen molar-refractivity contribution in [2.45, 2.75) is 52.5 Å². The molecule has 0 saturated heterocycles. The highest BCUT2D eigenvalue weighted by Gasteiger charge is 2.22. The van der Waals surface area contributed by atoms with Crippen LogP contribution in [0.25, 0.3) is 0 Å². The predicted molar refractivity (Wildman–Crippen MR) is 70.6 cm³/mol. The first-order valence-corrected chi connectivity index (χ1v) is 6.56. The Kier molecular flexibility index (Phi) is 5.54. The summed E-state index contributed by atoms with van der Waals surface area (Å²) < 4.78 is 5.34. The lowest BCUT2D eigenvalue weighted by Gasteiger charge is -2.14. The maximum atomic E-state index is 12.0. The van der Waals surface area contributed by atoms with E-state index in [0.29, 0.717) is 24.4 Å². The molecule has 0 saturated carbocycles. The minimum Gasteiger partial charge on any atom is -0.435 e. The molecule has 0 radical (unpaired) electrons. The largest absolute Gasteiger partial charge is 0.435 e. The third-order valence-corrected chi connectivity index (χ3v) is 2.84. The number of nitrogens with two attached hydrogens (primary N) is 1. The van der Waals surface area contributed by atoms with Crippen molar-refractivity contribution in [1.29, 1.82) is 0 Å². The Labute approximate surface area is 112 Å². The fraction of sp³-hybridized carbons (Fsp3) is 0.615. The molecule has 0 aliphatic rings. The van der Waals surface area contributed by atoms with E-state index in [1.54, 1.807) is 6.92 Å². The van der Waals surface area contributed by atoms with Crippen LogP contribution >= 0.6 is 0 Å². The Balaban J connectivity index is 2.75. The van der Waals surface area contributed by atoms with Gasteiger partial charge in [0.2, 0.25) is 11.7 Å². The van der Waals surface area contributed by atoms with Crippen LogP contribution in [0.15, 0.2) is 4.42 Å². The number of amides is 2. The summed E-state index contributed by atoms with van der Waals surface area (Å²) in [5, 5.41) is 2.60. The molecule has 2 amide bonds. The van der Waals surface area contributed by atoms with Crippen LogP contribution in [0, 0.1) is 6.92 Å². The lowest BCUT2D eigenvalue weighted by Crippen LogP contribution is -2.44. The second-order valence-corrected chi connectivity index (χ2v) is 4.45. The number of rotatable bonds is 7. The number of carbonyl (C=O) groups is 2. The molecule has 1 aromatic heterocycles. The number of carbonyl (C=O) groups excluding carboxylic acids is 2. The van der Waals surface area contributed by atoms with E-state index < -0.39 is 17.9 Å². The minimum absolute atomic E-state index is 0.152. The van der Waals surface area contributed by atoms with Crippen LogP contribution in [-0.4, -0.2) is 22.8 Å². The first kappa shape index (κ1) is 15.2. The molecule has 0 spiro atoms. The standard InChI is InChI=1S/C13H21N3O3/c1-4-6-7-9(12(14)17)16-13(18)11-8(3)15-10(5-2)19-11/h9H,4-7H2,1-3H3,(H2,14,17)(H,16,18)/t9-/m0/s1. The number of hydrogen-bond acceptors (Lipinski definition) is 4. The van der Waals surface area contributed by atoms with Gasteiger partial charge in [0.1, 0.15) is 6.04 Å². The lowest BCUT2D eigenvalue weighted by molar-refractivity contribution is -0.120. The van der Waals surface area contributed by atoms with Crippen molar-refractivity contribution in [3.63, 3.8) is 0 Å². The van der Waals surface area contributed by atoms with Gasteiger partial charge in [-0.2, -0.15) is 0 Å². The molecule has 0 aromatic carbocycles. The van der Waals surface area contributed by atoms with Crippen molar-refractivity contribution in [2.75, 3.05) is 0 Å². The number of hydrogen-bond donors (Lipinski definition) is 2. The van der Waals surface area contributed by atoms with Gasteiger partial charge in [-0.25, -0.2) is 4.98 Å². The van der Waals surface area contributed by atoms with Gasteiger partial charge in [0.05, 0.1) is 5.69 Å². The van der Waals surface area contributed by atoms with Gasteiger partial charge in [-0.3, -0.25) is 9.59 Å². The SMILES string of the molecule is CCCC[C@H](NC(=O)c1oc(CC)nc1C)C(N)=O. The van der Waals surface area contributed by atoms with Crippen LogP contribution in [-0.2, 0) is 11.2 Å². The molecule has 19 heavy (non-hydrogen) atoms. The summed E-state index contributed by atoms with van der Waals surface area (Å²) in [6, 6.07) is -0.665. The highest BCUT2D eigenvalue weighted by atomic mass is 16.4. The van der Waals surface area contributed by atoms with Crippen molar-refractivity contribution >= 4 is 11.8 Å². The smallest absolute Gasteiger partial charge is 0.289 e. The van der Waals surface area contributed by atoms with E-state index >= 15 is 0 Å². The second kappa shape index (κ2) is 6.92. The molecule has 106 valence electrons. The zero-order chi connectivity index (χ0) is 14.4. The van der Waals surface area contributed by atoms with Gasteiger partial charge in [-0.1, -0.05) is 26.7 Å². The summed E-state index contributed by atoms with van der Waals surface area (Å²) >= 11 is 0. The van der Waals surface area contributed by atoms with Crippen LogP contribution < -0.4 is 11.1 Å². The molecule has 3 N–H and O–H groups in total. The Bertz CT molecular complexity index is 454. The summed E-state index contributed by atoms with van der Waals surface area (Å²) in [5.41, 5.74) is 5.79. The minimum atomic E-state index is -0.665. The molecule has 1 aromatic rings. The summed E-state index contributed by atoms with van der Waals surface area (Å²) in [4.78, 5) is 27.4. The normalized spacial score (nSPS) is 12.2. The van der Waals surface area contributed by atoms with Gasteiger partial charge < -0.3 is 15.5 Å². The van der Waals surface area contributed by atoms with E-state index in [2.05, 4.69) is 10.3 Å². The van der Waals surface area contributed by atoms with Crippen molar-refractivity contribution in [1.82, 2.24) is 10.3 Å². The molecule has 1 atom stereocenters. The third kappa shape index (κ3) is 4.08. The molecule has 0 aliphatic heterocycles. The zero-order valence-corrected chi connectivity index (χ0v) is 11.7. The van der Waals surface area contributed by atoms with Crippen LogP contribution in [0.4, 0.5) is 0 Å². The highest BCUT2D eigenvalue weighted by molar-refractivity contribution is 5.95.